The monoisotopic (exact) mass is 262 g/mol. The normalized spacial score (nSPS) is 34.9. The number of carbonyl (C=O) groups is 1. The first-order valence-corrected chi connectivity index (χ1v) is 7.34. The smallest absolute Gasteiger partial charge is 0.333 e. The third-order valence-electron chi connectivity index (χ3n) is 4.90. The van der Waals surface area contributed by atoms with Crippen molar-refractivity contribution in [3.63, 3.8) is 0 Å². The lowest BCUT2D eigenvalue weighted by Gasteiger charge is -2.25. The highest BCUT2D eigenvalue weighted by molar-refractivity contribution is 5.86. The fourth-order valence-electron chi connectivity index (χ4n) is 4.12. The molecule has 2 fully saturated rings. The number of hydrogen-bond acceptors (Lipinski definition) is 3. The average molecular weight is 262 g/mol. The van der Waals surface area contributed by atoms with Gasteiger partial charge in [-0.05, 0) is 50.0 Å². The summed E-state index contributed by atoms with van der Waals surface area (Å²) in [4.78, 5) is 11.2. The summed E-state index contributed by atoms with van der Waals surface area (Å²) in [6.07, 6.45) is 7.79. The molecule has 0 unspecified atom stereocenters. The molecule has 0 aromatic heterocycles. The van der Waals surface area contributed by atoms with Crippen molar-refractivity contribution in [2.75, 3.05) is 13.2 Å². The van der Waals surface area contributed by atoms with Crippen LogP contribution in [0.1, 0.15) is 32.6 Å². The van der Waals surface area contributed by atoms with E-state index in [2.05, 4.69) is 12.7 Å². The third kappa shape index (κ3) is 2.31. The second-order valence-electron chi connectivity index (χ2n) is 6.10. The summed E-state index contributed by atoms with van der Waals surface area (Å²) in [5.41, 5.74) is 0.438. The maximum absolute atomic E-state index is 11.2. The Labute approximate surface area is 114 Å². The van der Waals surface area contributed by atoms with Crippen LogP contribution in [-0.4, -0.2) is 19.2 Å². The van der Waals surface area contributed by atoms with Gasteiger partial charge < -0.3 is 9.47 Å². The molecule has 0 aromatic carbocycles. The highest BCUT2D eigenvalue weighted by Crippen LogP contribution is 2.58. The first kappa shape index (κ1) is 12.8. The van der Waals surface area contributed by atoms with E-state index in [4.69, 9.17) is 9.47 Å². The lowest BCUT2D eigenvalue weighted by molar-refractivity contribution is -0.140. The number of esters is 1. The van der Waals surface area contributed by atoms with Gasteiger partial charge in [0.05, 0.1) is 5.76 Å². The van der Waals surface area contributed by atoms with E-state index in [1.54, 1.807) is 6.92 Å². The molecule has 4 atom stereocenters. The second kappa shape index (κ2) is 5.03. The number of hydrogen-bond donors (Lipinski definition) is 0. The van der Waals surface area contributed by atoms with Gasteiger partial charge in [-0.15, -0.1) is 0 Å². The topological polar surface area (TPSA) is 35.5 Å². The molecule has 0 amide bonds. The lowest BCUT2D eigenvalue weighted by atomic mass is 9.85. The third-order valence-corrected chi connectivity index (χ3v) is 4.90. The van der Waals surface area contributed by atoms with E-state index >= 15 is 0 Å². The van der Waals surface area contributed by atoms with Gasteiger partial charge in [-0.3, -0.25) is 0 Å². The van der Waals surface area contributed by atoms with Crippen molar-refractivity contribution in [2.24, 2.45) is 23.7 Å². The van der Waals surface area contributed by atoms with Gasteiger partial charge in [0.2, 0.25) is 0 Å². The zero-order valence-electron chi connectivity index (χ0n) is 11.6. The summed E-state index contributed by atoms with van der Waals surface area (Å²) in [5.74, 6) is 4.03. The Morgan fingerprint density at radius 1 is 1.37 bits per heavy atom. The molecule has 3 heteroatoms. The van der Waals surface area contributed by atoms with Crippen molar-refractivity contribution < 1.29 is 14.3 Å². The Kier molecular flexibility index (Phi) is 3.38. The molecule has 0 saturated heterocycles. The minimum Gasteiger partial charge on any atom is -0.494 e. The van der Waals surface area contributed by atoms with Crippen molar-refractivity contribution >= 4 is 5.97 Å². The summed E-state index contributed by atoms with van der Waals surface area (Å²) in [6.45, 7) is 5.98. The Morgan fingerprint density at radius 2 is 2.16 bits per heavy atom. The number of allylic oxidation sites excluding steroid dienone is 2. The van der Waals surface area contributed by atoms with E-state index in [9.17, 15) is 4.79 Å². The van der Waals surface area contributed by atoms with E-state index < -0.39 is 0 Å². The van der Waals surface area contributed by atoms with Crippen LogP contribution in [0.4, 0.5) is 0 Å². The highest BCUT2D eigenvalue weighted by atomic mass is 16.6. The lowest BCUT2D eigenvalue weighted by Crippen LogP contribution is -2.19. The predicted molar refractivity (Wildman–Crippen MR) is 72.2 cm³/mol. The van der Waals surface area contributed by atoms with Gasteiger partial charge in [0.1, 0.15) is 13.2 Å². The molecule has 19 heavy (non-hydrogen) atoms. The molecule has 0 N–H and O–H groups in total. The summed E-state index contributed by atoms with van der Waals surface area (Å²) in [5, 5.41) is 0. The van der Waals surface area contributed by atoms with E-state index in [0.29, 0.717) is 24.7 Å². The zero-order chi connectivity index (χ0) is 13.4. The Hall–Kier alpha value is -1.25. The molecule has 2 bridgehead atoms. The molecule has 3 rings (SSSR count). The van der Waals surface area contributed by atoms with Crippen LogP contribution in [0.3, 0.4) is 0 Å². The van der Waals surface area contributed by atoms with Crippen LogP contribution in [0.25, 0.3) is 0 Å². The maximum Gasteiger partial charge on any atom is 0.333 e. The molecular weight excluding hydrogens is 240 g/mol. The molecule has 3 aliphatic rings. The SMILES string of the molecule is C=C(C)C(=O)OCCOC1=C[C@@H]2C[C@H]1[C@@H]1CCC[C@H]12. The molecule has 0 radical (unpaired) electrons. The van der Waals surface area contributed by atoms with Crippen LogP contribution >= 0.6 is 0 Å². The van der Waals surface area contributed by atoms with Crippen molar-refractivity contribution in [1.82, 2.24) is 0 Å². The molecule has 0 aromatic rings. The van der Waals surface area contributed by atoms with Gasteiger partial charge in [-0.25, -0.2) is 4.79 Å². The summed E-state index contributed by atoms with van der Waals surface area (Å²) in [7, 11) is 0. The predicted octanol–water partition coefficient (Wildman–Crippen LogP) is 3.07. The van der Waals surface area contributed by atoms with Crippen molar-refractivity contribution in [3.05, 3.63) is 24.0 Å². The highest BCUT2D eigenvalue weighted by Gasteiger charge is 2.50. The minimum absolute atomic E-state index is 0.314. The van der Waals surface area contributed by atoms with Crippen molar-refractivity contribution in [2.45, 2.75) is 32.6 Å². The van der Waals surface area contributed by atoms with E-state index in [0.717, 1.165) is 17.8 Å². The molecule has 0 aliphatic heterocycles. The Balaban J connectivity index is 1.45. The van der Waals surface area contributed by atoms with Crippen LogP contribution in [0.15, 0.2) is 24.0 Å². The first-order valence-electron chi connectivity index (χ1n) is 7.34. The van der Waals surface area contributed by atoms with Crippen LogP contribution in [0, 0.1) is 23.7 Å². The van der Waals surface area contributed by atoms with Crippen LogP contribution in [-0.2, 0) is 14.3 Å². The van der Waals surface area contributed by atoms with Crippen LogP contribution < -0.4 is 0 Å². The molecule has 0 spiro atoms. The maximum atomic E-state index is 11.2. The number of fused-ring (bicyclic) bond motifs is 5. The van der Waals surface area contributed by atoms with E-state index in [1.807, 2.05) is 0 Å². The zero-order valence-corrected chi connectivity index (χ0v) is 11.6. The summed E-state index contributed by atoms with van der Waals surface area (Å²) in [6, 6.07) is 0. The fourth-order valence-corrected chi connectivity index (χ4v) is 4.12. The van der Waals surface area contributed by atoms with Crippen molar-refractivity contribution in [1.29, 1.82) is 0 Å². The first-order chi connectivity index (χ1) is 9.16. The van der Waals surface area contributed by atoms with E-state index in [-0.39, 0.29) is 5.97 Å². The molecule has 3 nitrogen and oxygen atoms in total. The molecule has 0 heterocycles. The van der Waals surface area contributed by atoms with Gasteiger partial charge in [-0.1, -0.05) is 13.0 Å². The van der Waals surface area contributed by atoms with Crippen LogP contribution in [0.2, 0.25) is 0 Å². The number of ether oxygens (including phenoxy) is 2. The van der Waals surface area contributed by atoms with E-state index in [1.165, 1.54) is 31.4 Å². The van der Waals surface area contributed by atoms with Crippen LogP contribution in [0.5, 0.6) is 0 Å². The Morgan fingerprint density at radius 3 is 2.95 bits per heavy atom. The minimum atomic E-state index is -0.332. The van der Waals surface area contributed by atoms with Gasteiger partial charge in [0, 0.05) is 11.5 Å². The molecule has 104 valence electrons. The molecule has 2 saturated carbocycles. The number of rotatable bonds is 5. The van der Waals surface area contributed by atoms with Gasteiger partial charge in [0.25, 0.3) is 0 Å². The van der Waals surface area contributed by atoms with Gasteiger partial charge in [0.15, 0.2) is 0 Å². The van der Waals surface area contributed by atoms with Gasteiger partial charge in [-0.2, -0.15) is 0 Å². The Bertz CT molecular complexity index is 424. The molecule has 3 aliphatic carbocycles. The average Bonchev–Trinajstić information content (AvgIpc) is 3.05. The quantitative estimate of drug-likeness (QED) is 0.434. The van der Waals surface area contributed by atoms with Crippen molar-refractivity contribution in [3.8, 4) is 0 Å². The standard InChI is InChI=1S/C16H22O3/c1-10(2)16(17)19-7-6-18-15-9-11-8-14(15)13-5-3-4-12(11)13/h9,11-14H,1,3-8H2,2H3/t11-,12-,13+,14-/m0/s1. The molecular formula is C16H22O3. The van der Waals surface area contributed by atoms with Gasteiger partial charge >= 0.3 is 5.97 Å². The fraction of sp³-hybridized carbons (Fsp3) is 0.688. The summed E-state index contributed by atoms with van der Waals surface area (Å²) < 4.78 is 10.9. The largest absolute Gasteiger partial charge is 0.494 e. The summed E-state index contributed by atoms with van der Waals surface area (Å²) >= 11 is 0. The second-order valence-corrected chi connectivity index (χ2v) is 6.10. The number of carbonyl (C=O) groups excluding carboxylic acids is 1.